The summed E-state index contributed by atoms with van der Waals surface area (Å²) in [6.07, 6.45) is 3.47. The predicted molar refractivity (Wildman–Crippen MR) is 151 cm³/mol. The average Bonchev–Trinajstić information content (AvgIpc) is 3.29. The number of aldehydes is 1. The van der Waals surface area contributed by atoms with Gasteiger partial charge in [0.15, 0.2) is 5.78 Å². The molecule has 4 rings (SSSR count). The SMILES string of the molecule is CC(=O)/C=C/CN1C(=O)c2ccccc2C1=O.CCOP(C)(=O)CC(C)=O.O=CCN1C(=O)c2ccccc2C1=O.[H-].[Na+]. The van der Waals surface area contributed by atoms with Gasteiger partial charge in [0.2, 0.25) is 7.37 Å². The van der Waals surface area contributed by atoms with Crippen LogP contribution < -0.4 is 29.6 Å². The third-order valence-electron chi connectivity index (χ3n) is 5.57. The summed E-state index contributed by atoms with van der Waals surface area (Å²) < 4.78 is 16.1. The van der Waals surface area contributed by atoms with Gasteiger partial charge in [0.1, 0.15) is 12.1 Å². The van der Waals surface area contributed by atoms with Crippen LogP contribution in [0, 0.1) is 0 Å². The summed E-state index contributed by atoms with van der Waals surface area (Å²) in [6, 6.07) is 13.2. The molecule has 0 saturated carbocycles. The second-order valence-corrected chi connectivity index (χ2v) is 11.6. The van der Waals surface area contributed by atoms with E-state index in [1.54, 1.807) is 55.5 Å². The van der Waals surface area contributed by atoms with Gasteiger partial charge in [-0.15, -0.1) is 0 Å². The van der Waals surface area contributed by atoms with Gasteiger partial charge in [0.05, 0.1) is 41.6 Å². The average molecular weight is 607 g/mol. The van der Waals surface area contributed by atoms with Gasteiger partial charge < -0.3 is 10.7 Å². The van der Waals surface area contributed by atoms with Crippen molar-refractivity contribution in [1.82, 2.24) is 9.80 Å². The van der Waals surface area contributed by atoms with E-state index < -0.39 is 19.2 Å². The largest absolute Gasteiger partial charge is 1.00 e. The van der Waals surface area contributed by atoms with Crippen molar-refractivity contribution < 1.29 is 73.6 Å². The molecule has 4 amide bonds. The molecule has 42 heavy (non-hydrogen) atoms. The molecule has 0 bridgehead atoms. The van der Waals surface area contributed by atoms with Crippen LogP contribution >= 0.6 is 7.37 Å². The van der Waals surface area contributed by atoms with Crippen LogP contribution in [0.25, 0.3) is 0 Å². The first-order valence-electron chi connectivity index (χ1n) is 12.6. The standard InChI is InChI=1S/C13H11NO3.C10H7NO3.C6H13O3P.Na.H/c1-9(15)5-4-8-14-12(16)10-6-2-3-7-11(10)13(14)17;12-6-5-11-9(13)7-3-1-2-4-8(7)10(11)14;1-4-9-10(3,8)5-6(2)7;;/h2-7H,8H2,1H3;1-4,6H,5H2;4-5H2,1-3H3;;/q;;;+1;-1/b5-4+;;;;. The van der Waals surface area contributed by atoms with Crippen molar-refractivity contribution in [3.63, 3.8) is 0 Å². The quantitative estimate of drug-likeness (QED) is 0.131. The fourth-order valence-corrected chi connectivity index (χ4v) is 5.38. The van der Waals surface area contributed by atoms with Gasteiger partial charge in [-0.05, 0) is 51.1 Å². The van der Waals surface area contributed by atoms with E-state index in [0.29, 0.717) is 35.1 Å². The normalized spacial score (nSPS) is 14.6. The van der Waals surface area contributed by atoms with E-state index in [1.807, 2.05) is 0 Å². The number of carbonyl (C=O) groups is 7. The Morgan fingerprint density at radius 2 is 1.19 bits per heavy atom. The molecule has 2 aromatic rings. The summed E-state index contributed by atoms with van der Waals surface area (Å²) in [5.74, 6) is -1.59. The fraction of sp³-hybridized carbons (Fsp3) is 0.276. The number of imide groups is 2. The number of allylic oxidation sites excluding steroid dienone is 1. The minimum absolute atomic E-state index is 0. The van der Waals surface area contributed by atoms with Crippen molar-refractivity contribution in [2.75, 3.05) is 32.5 Å². The zero-order valence-corrected chi connectivity index (χ0v) is 27.1. The fourth-order valence-electron chi connectivity index (χ4n) is 3.93. The molecular weight excluding hydrogens is 574 g/mol. The van der Waals surface area contributed by atoms with Gasteiger partial charge in [0.25, 0.3) is 23.6 Å². The van der Waals surface area contributed by atoms with Crippen molar-refractivity contribution in [2.24, 2.45) is 0 Å². The van der Waals surface area contributed by atoms with Crippen LogP contribution in [-0.2, 0) is 23.5 Å². The van der Waals surface area contributed by atoms with Gasteiger partial charge in [-0.3, -0.25) is 43.1 Å². The minimum atomic E-state index is -2.60. The van der Waals surface area contributed by atoms with E-state index in [4.69, 9.17) is 4.52 Å². The molecule has 0 N–H and O–H groups in total. The van der Waals surface area contributed by atoms with Crippen molar-refractivity contribution in [3.05, 3.63) is 82.9 Å². The molecule has 13 heteroatoms. The second kappa shape index (κ2) is 16.9. The first-order valence-corrected chi connectivity index (χ1v) is 14.8. The maximum absolute atomic E-state index is 11.9. The van der Waals surface area contributed by atoms with Crippen molar-refractivity contribution >= 4 is 48.9 Å². The Kier molecular flexibility index (Phi) is 14.8. The smallest absolute Gasteiger partial charge is 1.00 e. The molecule has 1 unspecified atom stereocenters. The Morgan fingerprint density at radius 1 is 0.810 bits per heavy atom. The minimum Gasteiger partial charge on any atom is -1.00 e. The second-order valence-electron chi connectivity index (χ2n) is 9.00. The monoisotopic (exact) mass is 606 g/mol. The summed E-state index contributed by atoms with van der Waals surface area (Å²) in [7, 11) is -2.60. The third-order valence-corrected chi connectivity index (χ3v) is 7.39. The molecule has 0 spiro atoms. The van der Waals surface area contributed by atoms with Crippen molar-refractivity contribution in [3.8, 4) is 0 Å². The van der Waals surface area contributed by atoms with Crippen molar-refractivity contribution in [2.45, 2.75) is 20.8 Å². The van der Waals surface area contributed by atoms with Crippen LogP contribution in [-0.4, -0.2) is 83.8 Å². The maximum atomic E-state index is 11.9. The maximum Gasteiger partial charge on any atom is 1.00 e. The Balaban J connectivity index is 0.000000623. The topological polar surface area (TPSA) is 152 Å². The molecule has 0 fully saturated rings. The Hall–Kier alpha value is -3.34. The van der Waals surface area contributed by atoms with E-state index >= 15 is 0 Å². The van der Waals surface area contributed by atoms with Gasteiger partial charge in [-0.2, -0.15) is 0 Å². The Labute approximate surface area is 267 Å². The molecule has 2 aromatic carbocycles. The number of hydrogen-bond donors (Lipinski definition) is 0. The van der Waals surface area contributed by atoms with Crippen LogP contribution in [0.2, 0.25) is 0 Å². The molecule has 2 aliphatic heterocycles. The van der Waals surface area contributed by atoms with Gasteiger partial charge in [0, 0.05) is 13.2 Å². The third kappa shape index (κ3) is 9.89. The molecule has 0 aromatic heterocycles. The summed E-state index contributed by atoms with van der Waals surface area (Å²) in [4.78, 5) is 80.4. The summed E-state index contributed by atoms with van der Waals surface area (Å²) in [5, 5.41) is 0. The molecule has 0 aliphatic carbocycles. The van der Waals surface area contributed by atoms with E-state index in [1.165, 1.54) is 32.7 Å². The molecule has 11 nitrogen and oxygen atoms in total. The number of fused-ring (bicyclic) bond motifs is 2. The molecule has 0 saturated heterocycles. The summed E-state index contributed by atoms with van der Waals surface area (Å²) in [6.45, 7) is 6.43. The van der Waals surface area contributed by atoms with Crippen LogP contribution in [0.4, 0.5) is 0 Å². The number of benzene rings is 2. The Morgan fingerprint density at radius 3 is 1.50 bits per heavy atom. The molecular formula is C29H32N2NaO9P. The van der Waals surface area contributed by atoms with Crippen LogP contribution in [0.3, 0.4) is 0 Å². The van der Waals surface area contributed by atoms with Gasteiger partial charge in [-0.1, -0.05) is 30.3 Å². The van der Waals surface area contributed by atoms with Gasteiger partial charge in [-0.25, -0.2) is 0 Å². The number of Topliss-reactive ketones (excluding diaryl/α,β-unsaturated/α-hetero) is 1. The zero-order chi connectivity index (χ0) is 30.7. The van der Waals surface area contributed by atoms with E-state index in [0.717, 1.165) is 9.80 Å². The van der Waals surface area contributed by atoms with Crippen LogP contribution in [0.1, 0.15) is 63.6 Å². The number of nitrogens with zero attached hydrogens (tertiary/aromatic N) is 2. The number of hydrogen-bond acceptors (Lipinski definition) is 9. The van der Waals surface area contributed by atoms with E-state index in [2.05, 4.69) is 0 Å². The first-order chi connectivity index (χ1) is 19.3. The zero-order valence-electron chi connectivity index (χ0n) is 25.2. The molecule has 0 radical (unpaired) electrons. The predicted octanol–water partition coefficient (Wildman–Crippen LogP) is 0.546. The molecule has 2 aliphatic rings. The molecule has 218 valence electrons. The molecule has 2 heterocycles. The van der Waals surface area contributed by atoms with Crippen LogP contribution in [0.5, 0.6) is 0 Å². The first kappa shape index (κ1) is 36.7. The summed E-state index contributed by atoms with van der Waals surface area (Å²) >= 11 is 0. The van der Waals surface area contributed by atoms with E-state index in [-0.39, 0.29) is 73.6 Å². The van der Waals surface area contributed by atoms with E-state index in [9.17, 15) is 38.1 Å². The van der Waals surface area contributed by atoms with Crippen molar-refractivity contribution in [1.29, 1.82) is 0 Å². The van der Waals surface area contributed by atoms with Gasteiger partial charge >= 0.3 is 29.6 Å². The number of amides is 4. The van der Waals surface area contributed by atoms with Crippen LogP contribution in [0.15, 0.2) is 60.7 Å². The molecule has 1 atom stereocenters. The number of ketones is 2. The number of carbonyl (C=O) groups excluding carboxylic acids is 7. The number of rotatable bonds is 9. The summed E-state index contributed by atoms with van der Waals surface area (Å²) in [5.41, 5.74) is 1.60. The Bertz CT molecular complexity index is 1390.